The third-order valence-electron chi connectivity index (χ3n) is 2.08. The van der Waals surface area contributed by atoms with Gasteiger partial charge in [0.2, 0.25) is 0 Å². The van der Waals surface area contributed by atoms with Crippen LogP contribution in [0.3, 0.4) is 0 Å². The van der Waals surface area contributed by atoms with Crippen molar-refractivity contribution in [2.24, 2.45) is 0 Å². The quantitative estimate of drug-likeness (QED) is 0.828. The number of ether oxygens (including phenoxy) is 2. The first-order valence-electron chi connectivity index (χ1n) is 4.81. The van der Waals surface area contributed by atoms with Gasteiger partial charge >= 0.3 is 6.01 Å². The zero-order valence-corrected chi connectivity index (χ0v) is 9.43. The maximum atomic E-state index is 5.33. The summed E-state index contributed by atoms with van der Waals surface area (Å²) >= 11 is 0. The van der Waals surface area contributed by atoms with Crippen molar-refractivity contribution in [3.05, 3.63) is 18.2 Å². The Hall–Kier alpha value is -2.44. The van der Waals surface area contributed by atoms with Gasteiger partial charge in [0.15, 0.2) is 11.5 Å². The van der Waals surface area contributed by atoms with Gasteiger partial charge in [-0.15, -0.1) is 0 Å². The van der Waals surface area contributed by atoms with Gasteiger partial charge in [-0.05, 0) is 17.3 Å². The SMILES string of the molecule is COc1ccc(Nc2nc(N)no2)cc1OC. The number of nitrogens with zero attached hydrogens (tertiary/aromatic N) is 2. The third kappa shape index (κ3) is 2.39. The maximum absolute atomic E-state index is 5.33. The fraction of sp³-hybridized carbons (Fsp3) is 0.200. The molecule has 0 saturated heterocycles. The summed E-state index contributed by atoms with van der Waals surface area (Å²) < 4.78 is 15.1. The normalized spacial score (nSPS) is 10.0. The number of aromatic nitrogens is 2. The molecule has 0 aliphatic heterocycles. The first kappa shape index (κ1) is 11.1. The van der Waals surface area contributed by atoms with Crippen molar-refractivity contribution in [1.29, 1.82) is 0 Å². The van der Waals surface area contributed by atoms with E-state index in [1.165, 1.54) is 0 Å². The molecule has 3 N–H and O–H groups in total. The fourth-order valence-corrected chi connectivity index (χ4v) is 1.32. The van der Waals surface area contributed by atoms with Gasteiger partial charge in [-0.2, -0.15) is 4.98 Å². The Labute approximate surface area is 97.5 Å². The molecule has 0 spiro atoms. The number of rotatable bonds is 4. The van der Waals surface area contributed by atoms with E-state index in [1.54, 1.807) is 32.4 Å². The molecule has 0 saturated carbocycles. The van der Waals surface area contributed by atoms with Crippen LogP contribution >= 0.6 is 0 Å². The first-order valence-corrected chi connectivity index (χ1v) is 4.81. The minimum atomic E-state index is 0.0768. The molecule has 1 aromatic carbocycles. The van der Waals surface area contributed by atoms with Crippen molar-refractivity contribution < 1.29 is 14.0 Å². The van der Waals surface area contributed by atoms with E-state index in [9.17, 15) is 0 Å². The molecule has 1 aromatic heterocycles. The summed E-state index contributed by atoms with van der Waals surface area (Å²) in [7, 11) is 3.13. The van der Waals surface area contributed by atoms with Gasteiger partial charge in [-0.1, -0.05) is 0 Å². The maximum Gasteiger partial charge on any atom is 0.327 e. The van der Waals surface area contributed by atoms with Crippen molar-refractivity contribution in [3.63, 3.8) is 0 Å². The summed E-state index contributed by atoms with van der Waals surface area (Å²) in [6, 6.07) is 5.52. The van der Waals surface area contributed by atoms with Gasteiger partial charge in [-0.3, -0.25) is 0 Å². The number of hydrogen-bond donors (Lipinski definition) is 2. The molecular formula is C10H12N4O3. The zero-order valence-electron chi connectivity index (χ0n) is 9.43. The highest BCUT2D eigenvalue weighted by molar-refractivity contribution is 5.59. The molecule has 0 radical (unpaired) electrons. The molecule has 0 aliphatic rings. The van der Waals surface area contributed by atoms with Gasteiger partial charge < -0.3 is 25.0 Å². The molecule has 0 bridgehead atoms. The predicted molar refractivity (Wildman–Crippen MR) is 61.5 cm³/mol. The van der Waals surface area contributed by atoms with Crippen LogP contribution in [-0.2, 0) is 0 Å². The fourth-order valence-electron chi connectivity index (χ4n) is 1.32. The number of benzene rings is 1. The predicted octanol–water partition coefficient (Wildman–Crippen LogP) is 1.41. The molecule has 0 aliphatic carbocycles. The summed E-state index contributed by atoms with van der Waals surface area (Å²) in [4.78, 5) is 3.82. The smallest absolute Gasteiger partial charge is 0.327 e. The monoisotopic (exact) mass is 236 g/mol. The van der Waals surface area contributed by atoms with Gasteiger partial charge in [0, 0.05) is 11.8 Å². The van der Waals surface area contributed by atoms with Crippen LogP contribution in [0.4, 0.5) is 17.7 Å². The summed E-state index contributed by atoms with van der Waals surface area (Å²) in [5, 5.41) is 6.36. The Morgan fingerprint density at radius 3 is 2.59 bits per heavy atom. The van der Waals surface area contributed by atoms with E-state index in [0.29, 0.717) is 11.5 Å². The largest absolute Gasteiger partial charge is 0.493 e. The van der Waals surface area contributed by atoms with Crippen LogP contribution in [0.25, 0.3) is 0 Å². The highest BCUT2D eigenvalue weighted by Gasteiger charge is 2.07. The Kier molecular flexibility index (Phi) is 2.99. The Morgan fingerprint density at radius 2 is 2.00 bits per heavy atom. The first-order chi connectivity index (χ1) is 8.22. The summed E-state index contributed by atoms with van der Waals surface area (Å²) in [6.45, 7) is 0. The topological polar surface area (TPSA) is 95.4 Å². The van der Waals surface area contributed by atoms with Crippen LogP contribution in [-0.4, -0.2) is 24.4 Å². The van der Waals surface area contributed by atoms with Crippen molar-refractivity contribution in [2.75, 3.05) is 25.3 Å². The van der Waals surface area contributed by atoms with Crippen LogP contribution in [0.1, 0.15) is 0 Å². The Bertz CT molecular complexity index is 512. The van der Waals surface area contributed by atoms with E-state index in [4.69, 9.17) is 19.7 Å². The van der Waals surface area contributed by atoms with Crippen molar-refractivity contribution in [1.82, 2.24) is 10.1 Å². The minimum absolute atomic E-state index is 0.0768. The number of nitrogens with two attached hydrogens (primary N) is 1. The second-order valence-electron chi connectivity index (χ2n) is 3.15. The van der Waals surface area contributed by atoms with E-state index in [1.807, 2.05) is 0 Å². The van der Waals surface area contributed by atoms with Crippen molar-refractivity contribution in [3.8, 4) is 11.5 Å². The highest BCUT2D eigenvalue weighted by atomic mass is 16.5. The average molecular weight is 236 g/mol. The number of hydrogen-bond acceptors (Lipinski definition) is 7. The molecule has 2 aromatic rings. The molecule has 0 amide bonds. The van der Waals surface area contributed by atoms with E-state index in [-0.39, 0.29) is 12.0 Å². The molecule has 0 atom stereocenters. The Morgan fingerprint density at radius 1 is 1.24 bits per heavy atom. The van der Waals surface area contributed by atoms with E-state index in [0.717, 1.165) is 5.69 Å². The molecule has 2 rings (SSSR count). The van der Waals surface area contributed by atoms with E-state index >= 15 is 0 Å². The zero-order chi connectivity index (χ0) is 12.3. The summed E-state index contributed by atoms with van der Waals surface area (Å²) in [6.07, 6.45) is 0. The van der Waals surface area contributed by atoms with Crippen LogP contribution in [0.15, 0.2) is 22.7 Å². The van der Waals surface area contributed by atoms with Crippen molar-refractivity contribution in [2.45, 2.75) is 0 Å². The van der Waals surface area contributed by atoms with E-state index in [2.05, 4.69) is 15.5 Å². The van der Waals surface area contributed by atoms with Crippen molar-refractivity contribution >= 4 is 17.7 Å². The molecule has 0 fully saturated rings. The van der Waals surface area contributed by atoms with Gasteiger partial charge in [0.1, 0.15) is 0 Å². The summed E-state index contributed by atoms with van der Waals surface area (Å²) in [5.74, 6) is 1.32. The number of anilines is 3. The second kappa shape index (κ2) is 4.60. The number of nitrogens with one attached hydrogen (secondary N) is 1. The Balaban J connectivity index is 2.22. The van der Waals surface area contributed by atoms with Gasteiger partial charge in [0.05, 0.1) is 14.2 Å². The molecule has 17 heavy (non-hydrogen) atoms. The second-order valence-corrected chi connectivity index (χ2v) is 3.15. The van der Waals surface area contributed by atoms with Gasteiger partial charge in [-0.25, -0.2) is 0 Å². The molecule has 0 unspecified atom stereocenters. The van der Waals surface area contributed by atoms with Crippen LogP contribution < -0.4 is 20.5 Å². The van der Waals surface area contributed by atoms with Crippen LogP contribution in [0.2, 0.25) is 0 Å². The third-order valence-corrected chi connectivity index (χ3v) is 2.08. The standard InChI is InChI=1S/C10H12N4O3/c1-15-7-4-3-6(5-8(7)16-2)12-10-13-9(11)14-17-10/h3-5H,1-2H3,(H3,11,12,13,14). The number of methoxy groups -OCH3 is 2. The lowest BCUT2D eigenvalue weighted by Crippen LogP contribution is -1.94. The molecule has 90 valence electrons. The number of nitrogen functional groups attached to an aromatic ring is 1. The highest BCUT2D eigenvalue weighted by Crippen LogP contribution is 2.30. The lowest BCUT2D eigenvalue weighted by atomic mass is 10.3. The molecule has 7 nitrogen and oxygen atoms in total. The molecule has 7 heteroatoms. The van der Waals surface area contributed by atoms with Gasteiger partial charge in [0.25, 0.3) is 5.95 Å². The van der Waals surface area contributed by atoms with E-state index < -0.39 is 0 Å². The molecular weight excluding hydrogens is 224 g/mol. The molecule has 1 heterocycles. The lowest BCUT2D eigenvalue weighted by molar-refractivity contribution is 0.355. The van der Waals surface area contributed by atoms with Crippen LogP contribution in [0, 0.1) is 0 Å². The summed E-state index contributed by atoms with van der Waals surface area (Å²) in [5.41, 5.74) is 6.06. The average Bonchev–Trinajstić information content (AvgIpc) is 2.74. The minimum Gasteiger partial charge on any atom is -0.493 e. The lowest BCUT2D eigenvalue weighted by Gasteiger charge is -2.09. The van der Waals surface area contributed by atoms with Crippen LogP contribution in [0.5, 0.6) is 11.5 Å².